The molecule has 4 atom stereocenters. The predicted molar refractivity (Wildman–Crippen MR) is 94.2 cm³/mol. The normalized spacial score (nSPS) is 19.4. The standard InChI is InChI=1S/C16H27N5O6/c1-8(13(23)20-9(2)16(26)27)19-15(25)11(5-6-12(17)22)21-14(24)10-4-3-7-18-10/h8-11,18H,3-7H2,1-2H3,(H2,17,22)(H,19,25)(H,20,23)(H,21,24)(H,26,27)/t8-,9-,10-,11-/m0/s1. The third-order valence-electron chi connectivity index (χ3n) is 4.17. The maximum Gasteiger partial charge on any atom is 0.325 e. The molecule has 0 aromatic heterocycles. The number of hydrogen-bond donors (Lipinski definition) is 6. The number of carbonyl (C=O) groups excluding carboxylic acids is 4. The summed E-state index contributed by atoms with van der Waals surface area (Å²) in [5, 5.41) is 19.0. The van der Waals surface area contributed by atoms with Crippen LogP contribution in [0.25, 0.3) is 0 Å². The predicted octanol–water partition coefficient (Wildman–Crippen LogP) is -2.42. The smallest absolute Gasteiger partial charge is 0.325 e. The van der Waals surface area contributed by atoms with Crippen LogP contribution < -0.4 is 27.0 Å². The lowest BCUT2D eigenvalue weighted by molar-refractivity contribution is -0.141. The van der Waals surface area contributed by atoms with E-state index in [-0.39, 0.29) is 18.7 Å². The van der Waals surface area contributed by atoms with E-state index in [1.807, 2.05) is 0 Å². The van der Waals surface area contributed by atoms with Crippen molar-refractivity contribution in [2.24, 2.45) is 5.73 Å². The summed E-state index contributed by atoms with van der Waals surface area (Å²) in [5.41, 5.74) is 5.11. The molecule has 0 aromatic rings. The van der Waals surface area contributed by atoms with Crippen molar-refractivity contribution in [3.63, 3.8) is 0 Å². The second-order valence-electron chi connectivity index (χ2n) is 6.51. The number of hydrogen-bond acceptors (Lipinski definition) is 6. The quantitative estimate of drug-likeness (QED) is 0.242. The third kappa shape index (κ3) is 7.60. The van der Waals surface area contributed by atoms with E-state index in [9.17, 15) is 24.0 Å². The van der Waals surface area contributed by atoms with Crippen LogP contribution in [0.3, 0.4) is 0 Å². The van der Waals surface area contributed by atoms with Gasteiger partial charge in [0.1, 0.15) is 18.1 Å². The Bertz CT molecular complexity index is 590. The van der Waals surface area contributed by atoms with E-state index in [0.717, 1.165) is 6.42 Å². The van der Waals surface area contributed by atoms with E-state index in [1.54, 1.807) is 0 Å². The van der Waals surface area contributed by atoms with Crippen LogP contribution in [0.15, 0.2) is 0 Å². The molecule has 0 aromatic carbocycles. The van der Waals surface area contributed by atoms with Gasteiger partial charge in [-0.25, -0.2) is 0 Å². The third-order valence-corrected chi connectivity index (χ3v) is 4.17. The van der Waals surface area contributed by atoms with E-state index < -0.39 is 47.9 Å². The first-order chi connectivity index (χ1) is 12.6. The first-order valence-corrected chi connectivity index (χ1v) is 8.77. The summed E-state index contributed by atoms with van der Waals surface area (Å²) in [7, 11) is 0. The van der Waals surface area contributed by atoms with Crippen molar-refractivity contribution in [1.82, 2.24) is 21.3 Å². The molecule has 0 radical (unpaired) electrons. The molecule has 0 aliphatic carbocycles. The molecule has 0 unspecified atom stereocenters. The van der Waals surface area contributed by atoms with Crippen molar-refractivity contribution in [2.45, 2.75) is 63.7 Å². The molecule has 11 nitrogen and oxygen atoms in total. The van der Waals surface area contributed by atoms with Crippen molar-refractivity contribution in [2.75, 3.05) is 6.54 Å². The van der Waals surface area contributed by atoms with Crippen molar-refractivity contribution in [3.8, 4) is 0 Å². The van der Waals surface area contributed by atoms with Crippen LogP contribution in [-0.2, 0) is 24.0 Å². The number of rotatable bonds is 10. The maximum atomic E-state index is 12.4. The van der Waals surface area contributed by atoms with Crippen LogP contribution in [-0.4, -0.2) is 65.4 Å². The van der Waals surface area contributed by atoms with Gasteiger partial charge < -0.3 is 32.1 Å². The molecule has 0 bridgehead atoms. The lowest BCUT2D eigenvalue weighted by atomic mass is 10.1. The molecule has 1 aliphatic heterocycles. The molecule has 0 saturated carbocycles. The Morgan fingerprint density at radius 3 is 2.22 bits per heavy atom. The lowest BCUT2D eigenvalue weighted by Crippen LogP contribution is -2.56. The molecule has 1 fully saturated rings. The van der Waals surface area contributed by atoms with Gasteiger partial charge in [0.25, 0.3) is 0 Å². The summed E-state index contributed by atoms with van der Waals surface area (Å²) in [6.07, 6.45) is 1.35. The fourth-order valence-corrected chi connectivity index (χ4v) is 2.52. The van der Waals surface area contributed by atoms with Crippen molar-refractivity contribution in [3.05, 3.63) is 0 Å². The summed E-state index contributed by atoms with van der Waals surface area (Å²) in [6.45, 7) is 3.38. The first-order valence-electron chi connectivity index (χ1n) is 8.77. The number of carboxylic acid groups (broad SMARTS) is 1. The Kier molecular flexibility index (Phi) is 8.66. The highest BCUT2D eigenvalue weighted by Gasteiger charge is 2.29. The number of primary amides is 1. The van der Waals surface area contributed by atoms with Gasteiger partial charge in [-0.05, 0) is 39.7 Å². The Hall–Kier alpha value is -2.69. The summed E-state index contributed by atoms with van der Waals surface area (Å²) >= 11 is 0. The van der Waals surface area contributed by atoms with Gasteiger partial charge in [0.05, 0.1) is 6.04 Å². The number of carboxylic acids is 1. The molecule has 1 rings (SSSR count). The second-order valence-corrected chi connectivity index (χ2v) is 6.51. The van der Waals surface area contributed by atoms with Gasteiger partial charge in [-0.1, -0.05) is 0 Å². The van der Waals surface area contributed by atoms with Crippen LogP contribution in [0.4, 0.5) is 0 Å². The Balaban J connectivity index is 2.67. The first kappa shape index (κ1) is 22.4. The number of aliphatic carboxylic acids is 1. The Morgan fingerprint density at radius 1 is 1.07 bits per heavy atom. The summed E-state index contributed by atoms with van der Waals surface area (Å²) in [4.78, 5) is 58.4. The lowest BCUT2D eigenvalue weighted by Gasteiger charge is -2.22. The van der Waals surface area contributed by atoms with Crippen LogP contribution >= 0.6 is 0 Å². The zero-order chi connectivity index (χ0) is 20.6. The number of carbonyl (C=O) groups is 5. The van der Waals surface area contributed by atoms with Crippen LogP contribution in [0.5, 0.6) is 0 Å². The van der Waals surface area contributed by atoms with E-state index >= 15 is 0 Å². The zero-order valence-electron chi connectivity index (χ0n) is 15.4. The van der Waals surface area contributed by atoms with E-state index in [1.165, 1.54) is 13.8 Å². The molecule has 1 heterocycles. The molecule has 1 saturated heterocycles. The van der Waals surface area contributed by atoms with E-state index in [0.29, 0.717) is 13.0 Å². The van der Waals surface area contributed by atoms with Gasteiger partial charge in [-0.3, -0.25) is 24.0 Å². The number of amides is 4. The summed E-state index contributed by atoms with van der Waals surface area (Å²) in [5.74, 6) is -3.54. The Labute approximate surface area is 156 Å². The molecule has 0 spiro atoms. The molecular formula is C16H27N5O6. The Morgan fingerprint density at radius 2 is 1.70 bits per heavy atom. The van der Waals surface area contributed by atoms with Gasteiger partial charge >= 0.3 is 5.97 Å². The highest BCUT2D eigenvalue weighted by Crippen LogP contribution is 2.07. The minimum atomic E-state index is -1.21. The van der Waals surface area contributed by atoms with Gasteiger partial charge in [0.2, 0.25) is 23.6 Å². The summed E-state index contributed by atoms with van der Waals surface area (Å²) < 4.78 is 0. The van der Waals surface area contributed by atoms with Crippen molar-refractivity contribution < 1.29 is 29.1 Å². The molecule has 7 N–H and O–H groups in total. The minimum Gasteiger partial charge on any atom is -0.480 e. The average molecular weight is 385 g/mol. The van der Waals surface area contributed by atoms with Crippen LogP contribution in [0.2, 0.25) is 0 Å². The second kappa shape index (κ2) is 10.5. The monoisotopic (exact) mass is 385 g/mol. The average Bonchev–Trinajstić information content (AvgIpc) is 3.12. The fraction of sp³-hybridized carbons (Fsp3) is 0.688. The van der Waals surface area contributed by atoms with Gasteiger partial charge in [0, 0.05) is 6.42 Å². The SMILES string of the molecule is C[C@H](NC(=O)[C@H](C)NC(=O)[C@H](CCC(N)=O)NC(=O)[C@@H]1CCCN1)C(=O)O. The molecule has 11 heteroatoms. The van der Waals surface area contributed by atoms with E-state index in [4.69, 9.17) is 10.8 Å². The topological polar surface area (TPSA) is 180 Å². The summed E-state index contributed by atoms with van der Waals surface area (Å²) in [6, 6.07) is -3.60. The molecule has 1 aliphatic rings. The van der Waals surface area contributed by atoms with Crippen LogP contribution in [0.1, 0.15) is 39.5 Å². The molecule has 152 valence electrons. The number of nitrogens with one attached hydrogen (secondary N) is 4. The number of nitrogens with two attached hydrogens (primary N) is 1. The van der Waals surface area contributed by atoms with E-state index in [2.05, 4.69) is 21.3 Å². The highest BCUT2D eigenvalue weighted by atomic mass is 16.4. The maximum absolute atomic E-state index is 12.4. The fourth-order valence-electron chi connectivity index (χ4n) is 2.52. The minimum absolute atomic E-state index is 0.0144. The van der Waals surface area contributed by atoms with Crippen LogP contribution in [0, 0.1) is 0 Å². The largest absolute Gasteiger partial charge is 0.480 e. The van der Waals surface area contributed by atoms with Gasteiger partial charge in [-0.2, -0.15) is 0 Å². The van der Waals surface area contributed by atoms with Crippen molar-refractivity contribution in [1.29, 1.82) is 0 Å². The molecular weight excluding hydrogens is 358 g/mol. The molecule has 27 heavy (non-hydrogen) atoms. The van der Waals surface area contributed by atoms with Gasteiger partial charge in [0.15, 0.2) is 0 Å². The zero-order valence-corrected chi connectivity index (χ0v) is 15.4. The van der Waals surface area contributed by atoms with Crippen molar-refractivity contribution >= 4 is 29.6 Å². The highest BCUT2D eigenvalue weighted by molar-refractivity contribution is 5.94. The van der Waals surface area contributed by atoms with Gasteiger partial charge in [-0.15, -0.1) is 0 Å². The molecule has 4 amide bonds.